The first-order valence-electron chi connectivity index (χ1n) is 7.89. The highest BCUT2D eigenvalue weighted by atomic mass is 19.1. The number of hydrogen-bond acceptors (Lipinski definition) is 6. The lowest BCUT2D eigenvalue weighted by molar-refractivity contribution is 0.0836. The van der Waals surface area contributed by atoms with Crippen molar-refractivity contribution >= 4 is 22.7 Å². The van der Waals surface area contributed by atoms with Gasteiger partial charge in [-0.15, -0.1) is 0 Å². The Bertz CT molecular complexity index is 880. The van der Waals surface area contributed by atoms with Gasteiger partial charge in [-0.05, 0) is 25.8 Å². The number of H-pyrrole nitrogens is 1. The Hall–Kier alpha value is -2.61. The minimum Gasteiger partial charge on any atom is -0.381 e. The molecule has 8 heteroatoms. The van der Waals surface area contributed by atoms with Gasteiger partial charge in [0.15, 0.2) is 5.65 Å². The average Bonchev–Trinajstić information content (AvgIpc) is 2.97. The number of nitrogens with zero attached hydrogens (tertiary/aromatic N) is 4. The minimum atomic E-state index is -0.409. The lowest BCUT2D eigenvalue weighted by atomic mass is 9.99. The maximum atomic E-state index is 13.4. The number of halogens is 1. The number of nitrogens with one attached hydrogen (secondary N) is 2. The van der Waals surface area contributed by atoms with Crippen LogP contribution >= 0.6 is 0 Å². The highest BCUT2D eigenvalue weighted by Crippen LogP contribution is 2.27. The van der Waals surface area contributed by atoms with Crippen LogP contribution in [0.1, 0.15) is 31.7 Å². The molecule has 0 spiro atoms. The van der Waals surface area contributed by atoms with Crippen LogP contribution in [0.4, 0.5) is 16.0 Å². The number of ether oxygens (including phenoxy) is 1. The van der Waals surface area contributed by atoms with E-state index in [0.29, 0.717) is 28.6 Å². The predicted molar refractivity (Wildman–Crippen MR) is 88.8 cm³/mol. The van der Waals surface area contributed by atoms with E-state index < -0.39 is 5.82 Å². The zero-order valence-corrected chi connectivity index (χ0v) is 13.2. The lowest BCUT2D eigenvalue weighted by Gasteiger charge is -2.21. The van der Waals surface area contributed by atoms with E-state index in [1.165, 1.54) is 6.07 Å². The van der Waals surface area contributed by atoms with Gasteiger partial charge in [-0.2, -0.15) is 5.10 Å². The SMILES string of the molecule is Cc1cc(Nc2[nH]nc3ncc(F)cc23)nc(C2CCOCC2)n1.[HH]. The van der Waals surface area contributed by atoms with Crippen LogP contribution in [0.3, 0.4) is 0 Å². The van der Waals surface area contributed by atoms with Crippen molar-refractivity contribution in [3.05, 3.63) is 35.7 Å². The van der Waals surface area contributed by atoms with Gasteiger partial charge in [0.1, 0.15) is 23.3 Å². The second kappa shape index (κ2) is 6.12. The van der Waals surface area contributed by atoms with E-state index in [1.54, 1.807) is 0 Å². The van der Waals surface area contributed by atoms with Crippen LogP contribution in [0, 0.1) is 12.7 Å². The fraction of sp³-hybridized carbons (Fsp3) is 0.375. The van der Waals surface area contributed by atoms with Gasteiger partial charge >= 0.3 is 0 Å². The van der Waals surface area contributed by atoms with Crippen LogP contribution in [0.5, 0.6) is 0 Å². The zero-order valence-electron chi connectivity index (χ0n) is 13.2. The van der Waals surface area contributed by atoms with Gasteiger partial charge in [-0.3, -0.25) is 5.10 Å². The minimum absolute atomic E-state index is 0. The molecule has 0 amide bonds. The Morgan fingerprint density at radius 1 is 1.29 bits per heavy atom. The largest absolute Gasteiger partial charge is 0.381 e. The highest BCUT2D eigenvalue weighted by molar-refractivity contribution is 5.88. The normalized spacial score (nSPS) is 15.8. The van der Waals surface area contributed by atoms with Gasteiger partial charge in [0.25, 0.3) is 0 Å². The van der Waals surface area contributed by atoms with Crippen molar-refractivity contribution in [2.75, 3.05) is 18.5 Å². The van der Waals surface area contributed by atoms with Crippen molar-refractivity contribution in [3.63, 3.8) is 0 Å². The third-order valence-corrected chi connectivity index (χ3v) is 4.09. The van der Waals surface area contributed by atoms with Gasteiger partial charge in [0.05, 0.1) is 11.6 Å². The fourth-order valence-corrected chi connectivity index (χ4v) is 2.89. The molecule has 4 rings (SSSR count). The molecular formula is C16H19FN6O. The molecule has 1 aliphatic heterocycles. The molecule has 0 saturated carbocycles. The molecular weight excluding hydrogens is 311 g/mol. The van der Waals surface area contributed by atoms with E-state index in [0.717, 1.165) is 43.8 Å². The van der Waals surface area contributed by atoms with E-state index in [-0.39, 0.29) is 1.43 Å². The summed E-state index contributed by atoms with van der Waals surface area (Å²) in [6.45, 7) is 3.41. The highest BCUT2D eigenvalue weighted by Gasteiger charge is 2.20. The van der Waals surface area contributed by atoms with Crippen molar-refractivity contribution in [2.24, 2.45) is 0 Å². The van der Waals surface area contributed by atoms with Crippen molar-refractivity contribution in [2.45, 2.75) is 25.7 Å². The van der Waals surface area contributed by atoms with Crippen LogP contribution in [-0.2, 0) is 4.74 Å². The molecule has 4 heterocycles. The summed E-state index contributed by atoms with van der Waals surface area (Å²) < 4.78 is 18.8. The summed E-state index contributed by atoms with van der Waals surface area (Å²) in [4.78, 5) is 13.1. The molecule has 1 saturated heterocycles. The zero-order chi connectivity index (χ0) is 16.5. The molecule has 3 aromatic heterocycles. The van der Waals surface area contributed by atoms with Gasteiger partial charge in [-0.25, -0.2) is 19.3 Å². The van der Waals surface area contributed by atoms with Crippen LogP contribution in [-0.4, -0.2) is 38.4 Å². The molecule has 2 N–H and O–H groups in total. The second-order valence-corrected chi connectivity index (χ2v) is 5.89. The molecule has 0 aliphatic carbocycles. The number of anilines is 2. The summed E-state index contributed by atoms with van der Waals surface area (Å²) in [5, 5.41) is 10.7. The summed E-state index contributed by atoms with van der Waals surface area (Å²) in [6.07, 6.45) is 2.99. The molecule has 126 valence electrons. The van der Waals surface area contributed by atoms with Crippen LogP contribution in [0.2, 0.25) is 0 Å². The van der Waals surface area contributed by atoms with Crippen LogP contribution in [0.15, 0.2) is 18.3 Å². The summed E-state index contributed by atoms with van der Waals surface area (Å²) in [6, 6.07) is 3.24. The van der Waals surface area contributed by atoms with Gasteiger partial charge < -0.3 is 10.1 Å². The first-order valence-corrected chi connectivity index (χ1v) is 7.89. The van der Waals surface area contributed by atoms with Crippen molar-refractivity contribution in [1.29, 1.82) is 0 Å². The fourth-order valence-electron chi connectivity index (χ4n) is 2.89. The molecule has 1 aliphatic rings. The first kappa shape index (κ1) is 14.9. The van der Waals surface area contributed by atoms with Crippen molar-refractivity contribution < 1.29 is 10.6 Å². The van der Waals surface area contributed by atoms with E-state index in [4.69, 9.17) is 4.74 Å². The molecule has 0 aromatic carbocycles. The quantitative estimate of drug-likeness (QED) is 0.767. The standard InChI is InChI=1S/C16H17FN6O.H2/c1-9-6-13(20-14(19-9)10-2-4-24-5-3-10)21-16-12-7-11(17)8-18-15(12)22-23-16;/h6-8,10H,2-5H2,1H3,(H2,18,19,20,21,22,23);1H. The first-order chi connectivity index (χ1) is 11.7. The number of aromatic amines is 1. The Morgan fingerprint density at radius 3 is 2.96 bits per heavy atom. The van der Waals surface area contributed by atoms with E-state index in [9.17, 15) is 4.39 Å². The molecule has 1 fully saturated rings. The third kappa shape index (κ3) is 2.92. The van der Waals surface area contributed by atoms with E-state index in [1.807, 2.05) is 13.0 Å². The van der Waals surface area contributed by atoms with Gasteiger partial charge in [-0.1, -0.05) is 0 Å². The van der Waals surface area contributed by atoms with Crippen LogP contribution < -0.4 is 5.32 Å². The van der Waals surface area contributed by atoms with E-state index in [2.05, 4.69) is 30.5 Å². The number of aryl methyl sites for hydroxylation is 1. The number of pyridine rings is 1. The summed E-state index contributed by atoms with van der Waals surface area (Å²) in [5.74, 6) is 1.92. The molecule has 0 radical (unpaired) electrons. The Morgan fingerprint density at radius 2 is 2.12 bits per heavy atom. The number of rotatable bonds is 3. The third-order valence-electron chi connectivity index (χ3n) is 4.09. The topological polar surface area (TPSA) is 88.6 Å². The molecule has 3 aromatic rings. The lowest BCUT2D eigenvalue weighted by Crippen LogP contribution is -2.17. The Labute approximate surface area is 139 Å². The van der Waals surface area contributed by atoms with Gasteiger partial charge in [0.2, 0.25) is 0 Å². The van der Waals surface area contributed by atoms with Crippen molar-refractivity contribution in [3.8, 4) is 0 Å². The van der Waals surface area contributed by atoms with Gasteiger partial charge in [0, 0.05) is 32.3 Å². The summed E-state index contributed by atoms with van der Waals surface area (Å²) >= 11 is 0. The number of hydrogen-bond donors (Lipinski definition) is 2. The predicted octanol–water partition coefficient (Wildman–Crippen LogP) is 3.08. The molecule has 24 heavy (non-hydrogen) atoms. The Kier molecular flexibility index (Phi) is 3.81. The van der Waals surface area contributed by atoms with E-state index >= 15 is 0 Å². The molecule has 0 unspecified atom stereocenters. The summed E-state index contributed by atoms with van der Waals surface area (Å²) in [5.41, 5.74) is 1.33. The van der Waals surface area contributed by atoms with Crippen LogP contribution in [0.25, 0.3) is 11.0 Å². The Balaban J connectivity index is 0.00000182. The molecule has 0 bridgehead atoms. The molecule has 0 atom stereocenters. The smallest absolute Gasteiger partial charge is 0.183 e. The average molecular weight is 330 g/mol. The monoisotopic (exact) mass is 330 g/mol. The maximum absolute atomic E-state index is 13.4. The molecule has 7 nitrogen and oxygen atoms in total. The number of aromatic nitrogens is 5. The maximum Gasteiger partial charge on any atom is 0.183 e. The summed E-state index contributed by atoms with van der Waals surface area (Å²) in [7, 11) is 0. The number of fused-ring (bicyclic) bond motifs is 1. The second-order valence-electron chi connectivity index (χ2n) is 5.89. The van der Waals surface area contributed by atoms with Crippen molar-refractivity contribution in [1.82, 2.24) is 25.1 Å².